The number of carbonyl (C=O) groups is 2. The van der Waals surface area contributed by atoms with E-state index in [1.807, 2.05) is 31.2 Å². The Kier molecular flexibility index (Phi) is 4.65. The second kappa shape index (κ2) is 7.00. The first-order valence-electron chi connectivity index (χ1n) is 9.72. The zero-order chi connectivity index (χ0) is 19.8. The molecule has 1 aromatic heterocycles. The number of halogens is 1. The average Bonchev–Trinajstić information content (AvgIpc) is 2.92. The van der Waals surface area contributed by atoms with Crippen molar-refractivity contribution in [2.45, 2.75) is 56.5 Å². The van der Waals surface area contributed by atoms with E-state index in [9.17, 15) is 14.0 Å². The lowest BCUT2D eigenvalue weighted by Crippen LogP contribution is -2.55. The average molecular weight is 381 g/mol. The third-order valence-electron chi connectivity index (χ3n) is 6.07. The number of pyridine rings is 1. The van der Waals surface area contributed by atoms with E-state index in [1.54, 1.807) is 0 Å². The zero-order valence-electron chi connectivity index (χ0n) is 15.9. The third kappa shape index (κ3) is 3.63. The number of hydrogen-bond acceptors (Lipinski definition) is 3. The Bertz CT molecular complexity index is 914. The highest BCUT2D eigenvalue weighted by Gasteiger charge is 2.52. The molecule has 0 aliphatic heterocycles. The van der Waals surface area contributed by atoms with Gasteiger partial charge in [0.1, 0.15) is 11.5 Å². The molecule has 28 heavy (non-hydrogen) atoms. The maximum absolute atomic E-state index is 13.1. The predicted octanol–water partition coefficient (Wildman–Crippen LogP) is 3.53. The summed E-state index contributed by atoms with van der Waals surface area (Å²) in [6.07, 6.45) is 6.14. The Morgan fingerprint density at radius 1 is 1.00 bits per heavy atom. The van der Waals surface area contributed by atoms with Gasteiger partial charge in [-0.2, -0.15) is 0 Å². The summed E-state index contributed by atoms with van der Waals surface area (Å²) >= 11 is 0. The molecule has 2 amide bonds. The molecule has 146 valence electrons. The Hall–Kier alpha value is -2.76. The normalized spacial score (nSPS) is 25.9. The molecule has 5 nitrogen and oxygen atoms in total. The van der Waals surface area contributed by atoms with Crippen molar-refractivity contribution in [1.82, 2.24) is 15.6 Å². The minimum absolute atomic E-state index is 0.0621. The molecule has 2 aromatic rings. The molecule has 2 aliphatic rings. The van der Waals surface area contributed by atoms with Crippen molar-refractivity contribution < 1.29 is 14.0 Å². The fourth-order valence-electron chi connectivity index (χ4n) is 4.75. The lowest BCUT2D eigenvalue weighted by Gasteiger charge is -2.40. The van der Waals surface area contributed by atoms with E-state index in [4.69, 9.17) is 0 Å². The molecule has 1 heterocycles. The zero-order valence-corrected chi connectivity index (χ0v) is 15.9. The predicted molar refractivity (Wildman–Crippen MR) is 103 cm³/mol. The second-order valence-corrected chi connectivity index (χ2v) is 8.23. The van der Waals surface area contributed by atoms with Gasteiger partial charge in [-0.15, -0.1) is 0 Å². The van der Waals surface area contributed by atoms with Gasteiger partial charge in [0.05, 0.1) is 6.20 Å². The number of nitrogens with zero attached hydrogens (tertiary/aromatic N) is 1. The number of amides is 2. The van der Waals surface area contributed by atoms with Crippen LogP contribution in [0.3, 0.4) is 0 Å². The highest BCUT2D eigenvalue weighted by Crippen LogP contribution is 2.48. The number of aryl methyl sites for hydroxylation is 1. The van der Waals surface area contributed by atoms with Gasteiger partial charge in [0.25, 0.3) is 11.8 Å². The van der Waals surface area contributed by atoms with Crippen molar-refractivity contribution in [3.63, 3.8) is 0 Å². The van der Waals surface area contributed by atoms with Crippen molar-refractivity contribution in [3.05, 3.63) is 65.2 Å². The van der Waals surface area contributed by atoms with Crippen LogP contribution in [0.25, 0.3) is 0 Å². The third-order valence-corrected chi connectivity index (χ3v) is 6.07. The van der Waals surface area contributed by atoms with Gasteiger partial charge < -0.3 is 10.6 Å². The maximum Gasteiger partial charge on any atom is 0.270 e. The number of aromatic nitrogens is 1. The summed E-state index contributed by atoms with van der Waals surface area (Å²) in [5.74, 6) is -0.818. The SMILES string of the molecule is Cc1cccc(C(=O)NC23CCCC(NC(=O)c4ccc(F)cn4)(CC2)C3)c1. The van der Waals surface area contributed by atoms with E-state index < -0.39 is 5.82 Å². The Morgan fingerprint density at radius 3 is 2.36 bits per heavy atom. The highest BCUT2D eigenvalue weighted by atomic mass is 19.1. The van der Waals surface area contributed by atoms with Gasteiger partial charge in [0, 0.05) is 16.6 Å². The van der Waals surface area contributed by atoms with Crippen molar-refractivity contribution in [2.75, 3.05) is 0 Å². The summed E-state index contributed by atoms with van der Waals surface area (Å²) in [5.41, 5.74) is 1.29. The van der Waals surface area contributed by atoms with Gasteiger partial charge >= 0.3 is 0 Å². The fourth-order valence-corrected chi connectivity index (χ4v) is 4.75. The minimum Gasteiger partial charge on any atom is -0.347 e. The molecule has 2 aliphatic carbocycles. The Balaban J connectivity index is 1.47. The topological polar surface area (TPSA) is 71.1 Å². The number of rotatable bonds is 4. The maximum atomic E-state index is 13.1. The summed E-state index contributed by atoms with van der Waals surface area (Å²) in [7, 11) is 0. The lowest BCUT2D eigenvalue weighted by molar-refractivity contribution is 0.0829. The van der Waals surface area contributed by atoms with Crippen molar-refractivity contribution in [1.29, 1.82) is 0 Å². The smallest absolute Gasteiger partial charge is 0.270 e. The lowest BCUT2D eigenvalue weighted by atomic mass is 9.78. The van der Waals surface area contributed by atoms with Gasteiger partial charge in [-0.05, 0) is 69.7 Å². The van der Waals surface area contributed by atoms with Crippen LogP contribution in [0.15, 0.2) is 42.6 Å². The van der Waals surface area contributed by atoms with Gasteiger partial charge in [-0.3, -0.25) is 9.59 Å². The molecule has 4 rings (SSSR count). The molecular formula is C22H24FN3O2. The van der Waals surface area contributed by atoms with E-state index in [0.29, 0.717) is 12.0 Å². The summed E-state index contributed by atoms with van der Waals surface area (Å²) in [6.45, 7) is 1.97. The molecule has 0 radical (unpaired) electrons. The molecule has 0 saturated heterocycles. The number of fused-ring (bicyclic) bond motifs is 2. The van der Waals surface area contributed by atoms with Crippen molar-refractivity contribution >= 4 is 11.8 Å². The van der Waals surface area contributed by atoms with E-state index >= 15 is 0 Å². The van der Waals surface area contributed by atoms with E-state index in [1.165, 1.54) is 12.1 Å². The molecule has 2 N–H and O–H groups in total. The summed E-state index contributed by atoms with van der Waals surface area (Å²) in [5, 5.41) is 6.39. The molecule has 2 unspecified atom stereocenters. The van der Waals surface area contributed by atoms with Crippen LogP contribution < -0.4 is 10.6 Å². The van der Waals surface area contributed by atoms with E-state index in [0.717, 1.165) is 43.9 Å². The van der Waals surface area contributed by atoms with Crippen LogP contribution >= 0.6 is 0 Å². The van der Waals surface area contributed by atoms with Crippen LogP contribution in [0.5, 0.6) is 0 Å². The van der Waals surface area contributed by atoms with E-state index in [2.05, 4.69) is 15.6 Å². The van der Waals surface area contributed by atoms with Crippen LogP contribution in [-0.4, -0.2) is 27.9 Å². The van der Waals surface area contributed by atoms with Crippen LogP contribution in [0.1, 0.15) is 64.9 Å². The Labute approximate surface area is 163 Å². The molecular weight excluding hydrogens is 357 g/mol. The standard InChI is InChI=1S/C22H24FN3O2/c1-15-4-2-5-16(12-15)19(27)25-21-8-3-9-22(14-21,11-10-21)26-20(28)18-7-6-17(23)13-24-18/h2,4-7,12-13H,3,8-11,14H2,1H3,(H,25,27)(H,26,28). The first kappa shape index (κ1) is 18.6. The second-order valence-electron chi connectivity index (χ2n) is 8.23. The number of carbonyl (C=O) groups excluding carboxylic acids is 2. The fraction of sp³-hybridized carbons (Fsp3) is 0.409. The first-order chi connectivity index (χ1) is 13.4. The number of nitrogens with one attached hydrogen (secondary N) is 2. The molecule has 2 bridgehead atoms. The highest BCUT2D eigenvalue weighted by molar-refractivity contribution is 5.95. The Morgan fingerprint density at radius 2 is 1.71 bits per heavy atom. The summed E-state index contributed by atoms with van der Waals surface area (Å²) < 4.78 is 13.1. The molecule has 0 spiro atoms. The number of hydrogen-bond donors (Lipinski definition) is 2. The van der Waals surface area contributed by atoms with Gasteiger partial charge in [0.15, 0.2) is 0 Å². The first-order valence-corrected chi connectivity index (χ1v) is 9.72. The molecule has 6 heteroatoms. The number of benzene rings is 1. The molecule has 2 saturated carbocycles. The minimum atomic E-state index is -0.467. The van der Waals surface area contributed by atoms with E-state index in [-0.39, 0.29) is 28.6 Å². The van der Waals surface area contributed by atoms with Crippen LogP contribution in [0.2, 0.25) is 0 Å². The van der Waals surface area contributed by atoms with Crippen LogP contribution in [-0.2, 0) is 0 Å². The molecule has 1 aromatic carbocycles. The quantitative estimate of drug-likeness (QED) is 0.851. The van der Waals surface area contributed by atoms with Gasteiger partial charge in [-0.1, -0.05) is 17.7 Å². The van der Waals surface area contributed by atoms with Crippen LogP contribution in [0.4, 0.5) is 4.39 Å². The van der Waals surface area contributed by atoms with Crippen molar-refractivity contribution in [3.8, 4) is 0 Å². The van der Waals surface area contributed by atoms with Gasteiger partial charge in [-0.25, -0.2) is 9.37 Å². The molecule has 2 fully saturated rings. The van der Waals surface area contributed by atoms with Gasteiger partial charge in [0.2, 0.25) is 0 Å². The summed E-state index contributed by atoms with van der Waals surface area (Å²) in [4.78, 5) is 29.3. The summed E-state index contributed by atoms with van der Waals surface area (Å²) in [6, 6.07) is 10.2. The van der Waals surface area contributed by atoms with Crippen LogP contribution in [0, 0.1) is 12.7 Å². The molecule has 2 atom stereocenters. The van der Waals surface area contributed by atoms with Crippen molar-refractivity contribution in [2.24, 2.45) is 0 Å². The monoisotopic (exact) mass is 381 g/mol. The largest absolute Gasteiger partial charge is 0.347 e.